The minimum Gasteiger partial charge on any atom is -0.376 e. The summed E-state index contributed by atoms with van der Waals surface area (Å²) >= 11 is 0. The number of hydrogen-bond donors (Lipinski definition) is 2. The number of hydrogen-bond acceptors (Lipinski definition) is 9. The summed E-state index contributed by atoms with van der Waals surface area (Å²) in [6.45, 7) is 5.39. The molecule has 6 rings (SSSR count). The van der Waals surface area contributed by atoms with Crippen LogP contribution in [0, 0.1) is 5.41 Å². The van der Waals surface area contributed by atoms with Gasteiger partial charge in [0.2, 0.25) is 0 Å². The van der Waals surface area contributed by atoms with E-state index < -0.39 is 9.73 Å². The second kappa shape index (κ2) is 8.67. The first-order chi connectivity index (χ1) is 17.3. The average molecular weight is 511 g/mol. The highest BCUT2D eigenvalue weighted by Crippen LogP contribution is 2.42. The molecule has 0 unspecified atom stereocenters. The number of rotatable bonds is 3. The van der Waals surface area contributed by atoms with Crippen LogP contribution >= 0.6 is 0 Å². The van der Waals surface area contributed by atoms with Crippen LogP contribution in [0.3, 0.4) is 0 Å². The number of ether oxygens (including phenoxy) is 1. The first-order valence-electron chi connectivity index (χ1n) is 12.7. The highest BCUT2D eigenvalue weighted by molar-refractivity contribution is 7.93. The van der Waals surface area contributed by atoms with Gasteiger partial charge in [-0.15, -0.1) is 0 Å². The Morgan fingerprint density at radius 1 is 1.28 bits per heavy atom. The Kier molecular flexibility index (Phi) is 5.69. The van der Waals surface area contributed by atoms with Crippen molar-refractivity contribution < 1.29 is 8.95 Å². The summed E-state index contributed by atoms with van der Waals surface area (Å²) in [5.74, 6) is 1.60. The number of aromatic amines is 1. The Bertz CT molecular complexity index is 1420. The number of piperidine rings is 1. The van der Waals surface area contributed by atoms with E-state index in [2.05, 4.69) is 37.3 Å². The predicted octanol–water partition coefficient (Wildman–Crippen LogP) is 2.86. The van der Waals surface area contributed by atoms with Gasteiger partial charge in [-0.25, -0.2) is 18.5 Å². The molecule has 0 amide bonds. The van der Waals surface area contributed by atoms with Crippen molar-refractivity contribution >= 4 is 38.2 Å². The van der Waals surface area contributed by atoms with Crippen LogP contribution in [0.2, 0.25) is 0 Å². The van der Waals surface area contributed by atoms with E-state index in [1.807, 2.05) is 18.3 Å². The lowest BCUT2D eigenvalue weighted by Gasteiger charge is -2.41. The standard InChI is InChI=1S/C25H34N8O2S/c1-16-22(26)25(15-35-16)9-12-32(13-10-25)20-14-28-21-23(29-20)30-31-24(21)33-11-5-6-17-18(33)7-4-8-19(17)36(3,34)27-2/h4,7-8,14,16,22H,5-6,9-13,15,26H2,1-3H3,(H,29,30,31)/t16-,22+,36-/m0/s1. The smallest absolute Gasteiger partial charge is 0.183 e. The molecule has 3 N–H and O–H groups in total. The van der Waals surface area contributed by atoms with E-state index in [0.717, 1.165) is 85.2 Å². The van der Waals surface area contributed by atoms with Crippen LogP contribution < -0.4 is 15.5 Å². The van der Waals surface area contributed by atoms with Crippen molar-refractivity contribution in [3.63, 3.8) is 0 Å². The lowest BCUT2D eigenvalue weighted by Crippen LogP contribution is -2.50. The zero-order valence-electron chi connectivity index (χ0n) is 21.1. The summed E-state index contributed by atoms with van der Waals surface area (Å²) in [5.41, 5.74) is 10.1. The molecule has 3 aliphatic heterocycles. The fourth-order valence-corrected chi connectivity index (χ4v) is 7.23. The van der Waals surface area contributed by atoms with Crippen molar-refractivity contribution in [3.05, 3.63) is 30.0 Å². The van der Waals surface area contributed by atoms with Gasteiger partial charge in [0.05, 0.1) is 33.5 Å². The molecule has 0 aliphatic carbocycles. The quantitative estimate of drug-likeness (QED) is 0.551. The summed E-state index contributed by atoms with van der Waals surface area (Å²) in [6, 6.07) is 6.03. The van der Waals surface area contributed by atoms with E-state index in [9.17, 15) is 4.21 Å². The minimum absolute atomic E-state index is 0.0715. The van der Waals surface area contributed by atoms with Crippen LogP contribution in [0.4, 0.5) is 17.3 Å². The molecular weight excluding hydrogens is 476 g/mol. The molecule has 36 heavy (non-hydrogen) atoms. The molecule has 5 heterocycles. The Balaban J connectivity index is 1.28. The lowest BCUT2D eigenvalue weighted by atomic mass is 9.73. The van der Waals surface area contributed by atoms with Crippen molar-refractivity contribution in [2.24, 2.45) is 15.5 Å². The van der Waals surface area contributed by atoms with Crippen molar-refractivity contribution in [3.8, 4) is 0 Å². The van der Waals surface area contributed by atoms with Crippen molar-refractivity contribution in [2.75, 3.05) is 49.3 Å². The van der Waals surface area contributed by atoms with E-state index in [1.54, 1.807) is 13.3 Å². The Hall–Kier alpha value is -2.76. The van der Waals surface area contributed by atoms with Crippen LogP contribution in [0.5, 0.6) is 0 Å². The van der Waals surface area contributed by atoms with E-state index in [4.69, 9.17) is 20.4 Å². The molecule has 3 aliphatic rings. The molecule has 11 heteroatoms. The lowest BCUT2D eigenvalue weighted by molar-refractivity contribution is 0.0974. The highest BCUT2D eigenvalue weighted by atomic mass is 32.2. The fraction of sp³-hybridized carbons (Fsp3) is 0.560. The van der Waals surface area contributed by atoms with E-state index in [1.165, 1.54) is 0 Å². The van der Waals surface area contributed by atoms with Crippen LogP contribution in [0.15, 0.2) is 33.7 Å². The third kappa shape index (κ3) is 3.67. The van der Waals surface area contributed by atoms with Gasteiger partial charge in [0.1, 0.15) is 5.82 Å². The largest absolute Gasteiger partial charge is 0.376 e. The molecule has 2 aromatic heterocycles. The van der Waals surface area contributed by atoms with Gasteiger partial charge in [-0.05, 0) is 50.3 Å². The van der Waals surface area contributed by atoms with Gasteiger partial charge in [0.15, 0.2) is 17.0 Å². The molecule has 192 valence electrons. The number of nitrogens with one attached hydrogen (secondary N) is 1. The zero-order chi connectivity index (χ0) is 25.1. The first kappa shape index (κ1) is 23.6. The maximum absolute atomic E-state index is 13.1. The summed E-state index contributed by atoms with van der Waals surface area (Å²) in [6.07, 6.45) is 7.45. The number of fused-ring (bicyclic) bond motifs is 2. The molecule has 0 bridgehead atoms. The maximum atomic E-state index is 13.1. The van der Waals surface area contributed by atoms with Crippen LogP contribution in [-0.2, 0) is 20.9 Å². The van der Waals surface area contributed by atoms with Crippen molar-refractivity contribution in [1.29, 1.82) is 0 Å². The van der Waals surface area contributed by atoms with E-state index in [-0.39, 0.29) is 17.6 Å². The number of nitrogens with two attached hydrogens (primary N) is 1. The molecule has 1 aromatic carbocycles. The first-order valence-corrected chi connectivity index (χ1v) is 14.6. The average Bonchev–Trinajstić information content (AvgIpc) is 3.45. The summed E-state index contributed by atoms with van der Waals surface area (Å²) < 4.78 is 23.1. The third-order valence-corrected chi connectivity index (χ3v) is 10.3. The molecule has 0 radical (unpaired) electrons. The molecule has 3 atom stereocenters. The van der Waals surface area contributed by atoms with Gasteiger partial charge in [0, 0.05) is 50.1 Å². The second-order valence-corrected chi connectivity index (χ2v) is 12.8. The van der Waals surface area contributed by atoms with Gasteiger partial charge < -0.3 is 20.3 Å². The Morgan fingerprint density at radius 3 is 2.81 bits per heavy atom. The van der Waals surface area contributed by atoms with E-state index >= 15 is 0 Å². The van der Waals surface area contributed by atoms with Gasteiger partial charge in [-0.2, -0.15) is 5.10 Å². The topological polar surface area (TPSA) is 126 Å². The second-order valence-electron chi connectivity index (χ2n) is 10.4. The maximum Gasteiger partial charge on any atom is 0.183 e. The van der Waals surface area contributed by atoms with Crippen molar-refractivity contribution in [2.45, 2.75) is 49.6 Å². The number of H-pyrrole nitrogens is 1. The van der Waals surface area contributed by atoms with Gasteiger partial charge in [-0.3, -0.25) is 5.10 Å². The molecule has 2 saturated heterocycles. The van der Waals surface area contributed by atoms with Crippen LogP contribution in [-0.4, -0.2) is 76.1 Å². The molecule has 0 saturated carbocycles. The Labute approximate surface area is 211 Å². The van der Waals surface area contributed by atoms with E-state index in [0.29, 0.717) is 5.65 Å². The number of nitrogens with zero attached hydrogens (tertiary/aromatic N) is 6. The summed E-state index contributed by atoms with van der Waals surface area (Å²) in [7, 11) is -0.816. The normalized spacial score (nSPS) is 25.2. The van der Waals surface area contributed by atoms with Crippen LogP contribution in [0.25, 0.3) is 11.2 Å². The Morgan fingerprint density at radius 2 is 2.08 bits per heavy atom. The molecule has 2 fully saturated rings. The van der Waals surface area contributed by atoms with Crippen molar-refractivity contribution in [1.82, 2.24) is 20.2 Å². The monoisotopic (exact) mass is 510 g/mol. The SMILES string of the molecule is CN=[S@@](C)(=O)c1cccc2c1CCCN2c1n[nH]c2nc(N3CCC4(CC3)CO[C@@H](C)[C@H]4N)cnc12. The number of anilines is 3. The van der Waals surface area contributed by atoms with Gasteiger partial charge in [0.25, 0.3) is 0 Å². The molecule has 10 nitrogen and oxygen atoms in total. The number of aromatic nitrogens is 4. The number of benzene rings is 1. The summed E-state index contributed by atoms with van der Waals surface area (Å²) in [5, 5.41) is 7.73. The van der Waals surface area contributed by atoms with Gasteiger partial charge in [-0.1, -0.05) is 6.07 Å². The molecule has 3 aromatic rings. The molecular formula is C25H34N8O2S. The zero-order valence-corrected chi connectivity index (χ0v) is 21.9. The summed E-state index contributed by atoms with van der Waals surface area (Å²) in [4.78, 5) is 14.9. The predicted molar refractivity (Wildman–Crippen MR) is 141 cm³/mol. The highest BCUT2D eigenvalue weighted by Gasteiger charge is 2.47. The molecule has 1 spiro atoms. The minimum atomic E-state index is -2.44. The third-order valence-electron chi connectivity index (χ3n) is 8.39. The van der Waals surface area contributed by atoms with Gasteiger partial charge >= 0.3 is 0 Å². The van der Waals surface area contributed by atoms with Crippen LogP contribution in [0.1, 0.15) is 31.7 Å². The fourth-order valence-electron chi connectivity index (χ4n) is 6.04.